The molecule has 0 aromatic carbocycles. The second kappa shape index (κ2) is 6.24. The number of nitrogens with one attached hydrogen (secondary N) is 1. The van der Waals surface area contributed by atoms with E-state index >= 15 is 0 Å². The van der Waals surface area contributed by atoms with Crippen LogP contribution in [0.15, 0.2) is 0 Å². The first-order valence-corrected chi connectivity index (χ1v) is 6.53. The van der Waals surface area contributed by atoms with Crippen LogP contribution in [0.3, 0.4) is 0 Å². The molecule has 0 aliphatic heterocycles. The molecule has 1 amide bonds. The molecule has 1 saturated carbocycles. The highest BCUT2D eigenvalue weighted by Crippen LogP contribution is 2.28. The van der Waals surface area contributed by atoms with Crippen molar-refractivity contribution in [2.75, 3.05) is 6.54 Å². The van der Waals surface area contributed by atoms with Crippen molar-refractivity contribution in [3.05, 3.63) is 0 Å². The fraction of sp³-hybridized carbons (Fsp3) is 0.923. The molecule has 1 aliphatic carbocycles. The molecule has 0 heterocycles. The quantitative estimate of drug-likeness (QED) is 0.746. The van der Waals surface area contributed by atoms with Crippen LogP contribution in [0, 0.1) is 5.92 Å². The van der Waals surface area contributed by atoms with E-state index in [0.717, 1.165) is 32.1 Å². The number of hydrogen-bond donors (Lipinski definition) is 2. The standard InChI is InChI=1S/C13H25NO3/c1-13(2,3)17-12(16)14-9-5-7-10-6-4-8-11(10)15/h10-11,15H,4-9H2,1-3H3,(H,14,16)/t10-,11-/m0/s1. The normalized spacial score (nSPS) is 24.7. The zero-order valence-electron chi connectivity index (χ0n) is 11.2. The summed E-state index contributed by atoms with van der Waals surface area (Å²) in [6.45, 7) is 6.17. The molecule has 0 radical (unpaired) electrons. The molecule has 2 N–H and O–H groups in total. The highest BCUT2D eigenvalue weighted by Gasteiger charge is 2.24. The molecule has 0 saturated heterocycles. The van der Waals surface area contributed by atoms with Crippen LogP contribution in [0.2, 0.25) is 0 Å². The van der Waals surface area contributed by atoms with E-state index in [2.05, 4.69) is 5.32 Å². The van der Waals surface area contributed by atoms with E-state index in [1.165, 1.54) is 0 Å². The number of aliphatic hydroxyl groups is 1. The van der Waals surface area contributed by atoms with E-state index in [-0.39, 0.29) is 12.2 Å². The van der Waals surface area contributed by atoms with Crippen LogP contribution in [0.1, 0.15) is 52.9 Å². The third-order valence-corrected chi connectivity index (χ3v) is 3.04. The smallest absolute Gasteiger partial charge is 0.407 e. The first kappa shape index (κ1) is 14.3. The zero-order valence-corrected chi connectivity index (χ0v) is 11.2. The number of aliphatic hydroxyl groups excluding tert-OH is 1. The summed E-state index contributed by atoms with van der Waals surface area (Å²) in [5.41, 5.74) is -0.439. The van der Waals surface area contributed by atoms with Gasteiger partial charge in [0, 0.05) is 6.54 Å². The van der Waals surface area contributed by atoms with Crippen LogP contribution < -0.4 is 5.32 Å². The largest absolute Gasteiger partial charge is 0.444 e. The highest BCUT2D eigenvalue weighted by atomic mass is 16.6. The van der Waals surface area contributed by atoms with Crippen LogP contribution >= 0.6 is 0 Å². The maximum Gasteiger partial charge on any atom is 0.407 e. The van der Waals surface area contributed by atoms with Crippen LogP contribution in [0.5, 0.6) is 0 Å². The molecular formula is C13H25NO3. The molecule has 1 rings (SSSR count). The van der Waals surface area contributed by atoms with Crippen LogP contribution in [0.25, 0.3) is 0 Å². The summed E-state index contributed by atoms with van der Waals surface area (Å²) in [6, 6.07) is 0. The Morgan fingerprint density at radius 2 is 2.12 bits per heavy atom. The third-order valence-electron chi connectivity index (χ3n) is 3.04. The number of carbonyl (C=O) groups excluding carboxylic acids is 1. The molecular weight excluding hydrogens is 218 g/mol. The van der Waals surface area contributed by atoms with Crippen LogP contribution in [-0.4, -0.2) is 29.4 Å². The predicted molar refractivity (Wildman–Crippen MR) is 66.8 cm³/mol. The zero-order chi connectivity index (χ0) is 12.9. The van der Waals surface area contributed by atoms with Crippen molar-refractivity contribution in [3.8, 4) is 0 Å². The highest BCUT2D eigenvalue weighted by molar-refractivity contribution is 5.67. The Morgan fingerprint density at radius 1 is 1.41 bits per heavy atom. The van der Waals surface area contributed by atoms with Gasteiger partial charge in [-0.15, -0.1) is 0 Å². The number of rotatable bonds is 4. The van der Waals surface area contributed by atoms with Gasteiger partial charge in [-0.25, -0.2) is 4.79 Å². The van der Waals surface area contributed by atoms with Gasteiger partial charge in [-0.3, -0.25) is 0 Å². The van der Waals surface area contributed by atoms with E-state index in [1.54, 1.807) is 0 Å². The topological polar surface area (TPSA) is 58.6 Å². The summed E-state index contributed by atoms with van der Waals surface area (Å²) in [6.07, 6.45) is 4.59. The van der Waals surface area contributed by atoms with Crippen molar-refractivity contribution < 1.29 is 14.6 Å². The van der Waals surface area contributed by atoms with Crippen molar-refractivity contribution in [3.63, 3.8) is 0 Å². The monoisotopic (exact) mass is 243 g/mol. The van der Waals surface area contributed by atoms with Gasteiger partial charge in [0.05, 0.1) is 6.10 Å². The molecule has 2 atom stereocenters. The van der Waals surface area contributed by atoms with Crippen molar-refractivity contribution in [1.29, 1.82) is 0 Å². The van der Waals surface area contributed by atoms with Gasteiger partial charge in [-0.1, -0.05) is 6.42 Å². The predicted octanol–water partition coefficient (Wildman–Crippen LogP) is 2.45. The number of alkyl carbamates (subject to hydrolysis) is 1. The van der Waals surface area contributed by atoms with Gasteiger partial charge in [0.15, 0.2) is 0 Å². The summed E-state index contributed by atoms with van der Waals surface area (Å²) in [5, 5.41) is 12.4. The van der Waals surface area contributed by atoms with Gasteiger partial charge in [-0.05, 0) is 52.4 Å². The van der Waals surface area contributed by atoms with Gasteiger partial charge in [0.1, 0.15) is 5.60 Å². The Hall–Kier alpha value is -0.770. The Balaban J connectivity index is 2.06. The minimum absolute atomic E-state index is 0.128. The molecule has 0 aromatic heterocycles. The summed E-state index contributed by atoms with van der Waals surface area (Å²) in [4.78, 5) is 11.3. The minimum Gasteiger partial charge on any atom is -0.444 e. The molecule has 4 nitrogen and oxygen atoms in total. The maximum atomic E-state index is 11.3. The summed E-state index contributed by atoms with van der Waals surface area (Å²) < 4.78 is 5.13. The first-order valence-electron chi connectivity index (χ1n) is 6.53. The summed E-state index contributed by atoms with van der Waals surface area (Å²) >= 11 is 0. The summed E-state index contributed by atoms with van der Waals surface area (Å²) in [7, 11) is 0. The fourth-order valence-corrected chi connectivity index (χ4v) is 2.22. The van der Waals surface area contributed by atoms with Crippen molar-refractivity contribution in [2.24, 2.45) is 5.92 Å². The van der Waals surface area contributed by atoms with E-state index < -0.39 is 5.60 Å². The number of carbonyl (C=O) groups is 1. The van der Waals surface area contributed by atoms with Crippen molar-refractivity contribution >= 4 is 6.09 Å². The molecule has 1 aliphatic rings. The van der Waals surface area contributed by atoms with Gasteiger partial charge < -0.3 is 15.2 Å². The van der Waals surface area contributed by atoms with E-state index in [4.69, 9.17) is 4.74 Å². The van der Waals surface area contributed by atoms with E-state index in [9.17, 15) is 9.90 Å². The van der Waals surface area contributed by atoms with Gasteiger partial charge in [0.25, 0.3) is 0 Å². The lowest BCUT2D eigenvalue weighted by atomic mass is 10.00. The molecule has 0 bridgehead atoms. The Bertz CT molecular complexity index is 248. The van der Waals surface area contributed by atoms with Gasteiger partial charge in [0.2, 0.25) is 0 Å². The molecule has 1 fully saturated rings. The second-order valence-corrected chi connectivity index (χ2v) is 5.83. The lowest BCUT2D eigenvalue weighted by Gasteiger charge is -2.20. The second-order valence-electron chi connectivity index (χ2n) is 5.83. The Kier molecular flexibility index (Phi) is 5.25. The molecule has 0 unspecified atom stereocenters. The maximum absolute atomic E-state index is 11.3. The lowest BCUT2D eigenvalue weighted by molar-refractivity contribution is 0.0525. The third kappa shape index (κ3) is 5.91. The van der Waals surface area contributed by atoms with E-state index in [0.29, 0.717) is 12.5 Å². The molecule has 100 valence electrons. The lowest BCUT2D eigenvalue weighted by Crippen LogP contribution is -2.33. The number of ether oxygens (including phenoxy) is 1. The average Bonchev–Trinajstić information content (AvgIpc) is 2.56. The minimum atomic E-state index is -0.439. The number of hydrogen-bond acceptors (Lipinski definition) is 3. The van der Waals surface area contributed by atoms with Gasteiger partial charge >= 0.3 is 6.09 Å². The molecule has 0 spiro atoms. The number of amides is 1. The SMILES string of the molecule is CC(C)(C)OC(=O)NCCC[C@@H]1CCC[C@@H]1O. The Morgan fingerprint density at radius 3 is 2.65 bits per heavy atom. The van der Waals surface area contributed by atoms with E-state index in [1.807, 2.05) is 20.8 Å². The van der Waals surface area contributed by atoms with Crippen LogP contribution in [0.4, 0.5) is 4.79 Å². The summed E-state index contributed by atoms with van der Waals surface area (Å²) in [5.74, 6) is 0.426. The average molecular weight is 243 g/mol. The van der Waals surface area contributed by atoms with Crippen molar-refractivity contribution in [2.45, 2.75) is 64.6 Å². The van der Waals surface area contributed by atoms with Crippen LogP contribution in [-0.2, 0) is 4.74 Å². The molecule has 4 heteroatoms. The molecule has 17 heavy (non-hydrogen) atoms. The first-order chi connectivity index (χ1) is 7.88. The van der Waals surface area contributed by atoms with Gasteiger partial charge in [-0.2, -0.15) is 0 Å². The van der Waals surface area contributed by atoms with Crippen molar-refractivity contribution in [1.82, 2.24) is 5.32 Å². The molecule has 0 aromatic rings. The Labute approximate surface area is 104 Å². The fourth-order valence-electron chi connectivity index (χ4n) is 2.22.